The van der Waals surface area contributed by atoms with Crippen molar-refractivity contribution in [3.63, 3.8) is 0 Å². The topological polar surface area (TPSA) is 68.8 Å². The molecule has 0 saturated carbocycles. The van der Waals surface area contributed by atoms with Gasteiger partial charge in [-0.2, -0.15) is 0 Å². The number of rotatable bonds is 14. The first-order chi connectivity index (χ1) is 10.3. The van der Waals surface area contributed by atoms with E-state index in [0.29, 0.717) is 52.6 Å². The molecule has 0 radical (unpaired) electrons. The molecule has 0 aromatic heterocycles. The van der Waals surface area contributed by atoms with Crippen molar-refractivity contribution in [1.82, 2.24) is 10.6 Å². The van der Waals surface area contributed by atoms with Crippen molar-refractivity contribution in [3.05, 3.63) is 7.05 Å². The van der Waals surface area contributed by atoms with E-state index in [1.807, 2.05) is 20.8 Å². The molecule has 0 atom stereocenters. The standard InChI is InChI=1S/C13H27N2O4.C2H6.K/c1-3-4-13(16)15-6-8-18-10-12-19-11-9-17-7-5-14-2;1-2;/h14H,2-12H2,1H3,(H,15,16);1-2H3;/q-1;;+1. The molecule has 0 aliphatic rings. The molecular weight excluding hydrogens is 311 g/mol. The first-order valence-corrected chi connectivity index (χ1v) is 7.81. The average molecular weight is 345 g/mol. The zero-order valence-electron chi connectivity index (χ0n) is 14.9. The Bertz CT molecular complexity index is 210. The van der Waals surface area contributed by atoms with E-state index >= 15 is 0 Å². The molecule has 0 fully saturated rings. The summed E-state index contributed by atoms with van der Waals surface area (Å²) >= 11 is 0. The van der Waals surface area contributed by atoms with E-state index in [9.17, 15) is 4.79 Å². The molecule has 0 rings (SSSR count). The van der Waals surface area contributed by atoms with Crippen molar-refractivity contribution < 1.29 is 70.4 Å². The van der Waals surface area contributed by atoms with Crippen molar-refractivity contribution in [2.45, 2.75) is 33.6 Å². The SMILES string of the molecule is CC.[CH2-]NCCOCCOCCOCCNC(=O)CCC.[K+]. The van der Waals surface area contributed by atoms with Crippen LogP contribution >= 0.6 is 0 Å². The molecule has 2 N–H and O–H groups in total. The normalized spacial score (nSPS) is 9.45. The van der Waals surface area contributed by atoms with Crippen molar-refractivity contribution in [2.24, 2.45) is 0 Å². The average Bonchev–Trinajstić information content (AvgIpc) is 2.51. The van der Waals surface area contributed by atoms with Crippen LogP contribution in [0, 0.1) is 7.05 Å². The molecular formula is C15H33KN2O4. The van der Waals surface area contributed by atoms with Gasteiger partial charge < -0.3 is 24.8 Å². The van der Waals surface area contributed by atoms with Gasteiger partial charge in [0.2, 0.25) is 5.91 Å². The number of ether oxygens (including phenoxy) is 3. The predicted molar refractivity (Wildman–Crippen MR) is 85.1 cm³/mol. The van der Waals surface area contributed by atoms with Crippen LogP contribution in [0.25, 0.3) is 0 Å². The third-order valence-electron chi connectivity index (χ3n) is 2.21. The molecule has 0 unspecified atom stereocenters. The largest absolute Gasteiger partial charge is 1.00 e. The second-order valence-electron chi connectivity index (χ2n) is 3.94. The van der Waals surface area contributed by atoms with E-state index < -0.39 is 0 Å². The summed E-state index contributed by atoms with van der Waals surface area (Å²) in [5.74, 6) is 0.0799. The Kier molecular flexibility index (Phi) is 33.9. The molecule has 0 bridgehead atoms. The summed E-state index contributed by atoms with van der Waals surface area (Å²) in [6.07, 6.45) is 1.44. The summed E-state index contributed by atoms with van der Waals surface area (Å²) in [5, 5.41) is 5.53. The Morgan fingerprint density at radius 2 is 1.36 bits per heavy atom. The van der Waals surface area contributed by atoms with Crippen molar-refractivity contribution in [3.8, 4) is 0 Å². The molecule has 6 nitrogen and oxygen atoms in total. The molecule has 7 heteroatoms. The van der Waals surface area contributed by atoms with Crippen molar-refractivity contribution in [2.75, 3.05) is 52.7 Å². The fourth-order valence-electron chi connectivity index (χ4n) is 1.26. The molecule has 0 aromatic rings. The minimum Gasteiger partial charge on any atom is -0.471 e. The number of nitrogens with one attached hydrogen (secondary N) is 2. The number of amides is 1. The van der Waals surface area contributed by atoms with E-state index in [1.54, 1.807) is 0 Å². The Morgan fingerprint density at radius 3 is 1.82 bits per heavy atom. The molecule has 0 aliphatic heterocycles. The molecule has 1 amide bonds. The summed E-state index contributed by atoms with van der Waals surface area (Å²) in [5.41, 5.74) is 0. The first-order valence-electron chi connectivity index (χ1n) is 7.81. The Hall–Kier alpha value is 0.946. The minimum absolute atomic E-state index is 0. The second kappa shape index (κ2) is 26.8. The Morgan fingerprint density at radius 1 is 0.909 bits per heavy atom. The van der Waals surface area contributed by atoms with Gasteiger partial charge in [-0.15, -0.1) is 0 Å². The summed E-state index contributed by atoms with van der Waals surface area (Å²) in [6.45, 7) is 10.7. The predicted octanol–water partition coefficient (Wildman–Crippen LogP) is -1.64. The third-order valence-corrected chi connectivity index (χ3v) is 2.21. The molecule has 0 saturated heterocycles. The molecule has 0 spiro atoms. The van der Waals surface area contributed by atoms with E-state index in [1.165, 1.54) is 0 Å². The van der Waals surface area contributed by atoms with Crippen LogP contribution < -0.4 is 62.0 Å². The maximum Gasteiger partial charge on any atom is 1.00 e. The summed E-state index contributed by atoms with van der Waals surface area (Å²) in [7, 11) is 3.49. The van der Waals surface area contributed by atoms with Crippen LogP contribution in [0.4, 0.5) is 0 Å². The number of hydrogen-bond acceptors (Lipinski definition) is 5. The minimum atomic E-state index is 0. The van der Waals surface area contributed by atoms with E-state index in [-0.39, 0.29) is 57.3 Å². The van der Waals surface area contributed by atoms with Gasteiger partial charge in [0, 0.05) is 13.0 Å². The number of carbonyl (C=O) groups excluding carboxylic acids is 1. The van der Waals surface area contributed by atoms with Gasteiger partial charge >= 0.3 is 51.4 Å². The van der Waals surface area contributed by atoms with Crippen LogP contribution in [-0.2, 0) is 19.0 Å². The molecule has 0 aromatic carbocycles. The van der Waals surface area contributed by atoms with Gasteiger partial charge in [0.05, 0.1) is 39.6 Å². The van der Waals surface area contributed by atoms with Crippen LogP contribution in [0.15, 0.2) is 0 Å². The molecule has 0 heterocycles. The first kappa shape index (κ1) is 27.8. The van der Waals surface area contributed by atoms with Crippen LogP contribution in [0.2, 0.25) is 0 Å². The zero-order chi connectivity index (χ0) is 16.2. The van der Waals surface area contributed by atoms with Gasteiger partial charge in [-0.3, -0.25) is 11.8 Å². The third kappa shape index (κ3) is 25.9. The fourth-order valence-corrected chi connectivity index (χ4v) is 1.26. The monoisotopic (exact) mass is 344 g/mol. The van der Waals surface area contributed by atoms with Gasteiger partial charge in [-0.25, -0.2) is 0 Å². The Balaban J connectivity index is -0.00000115. The second-order valence-corrected chi connectivity index (χ2v) is 3.94. The summed E-state index contributed by atoms with van der Waals surface area (Å²) < 4.78 is 15.9. The summed E-state index contributed by atoms with van der Waals surface area (Å²) in [6, 6.07) is 0. The molecule has 22 heavy (non-hydrogen) atoms. The Labute approximate surface area is 178 Å². The summed E-state index contributed by atoms with van der Waals surface area (Å²) in [4.78, 5) is 11.1. The zero-order valence-corrected chi connectivity index (χ0v) is 18.0. The van der Waals surface area contributed by atoms with E-state index in [4.69, 9.17) is 14.2 Å². The van der Waals surface area contributed by atoms with Gasteiger partial charge in [0.1, 0.15) is 0 Å². The van der Waals surface area contributed by atoms with Crippen LogP contribution in [0.1, 0.15) is 33.6 Å². The van der Waals surface area contributed by atoms with Crippen molar-refractivity contribution >= 4 is 5.91 Å². The maximum absolute atomic E-state index is 11.1. The van der Waals surface area contributed by atoms with Crippen molar-refractivity contribution in [1.29, 1.82) is 0 Å². The van der Waals surface area contributed by atoms with E-state index in [2.05, 4.69) is 17.7 Å². The van der Waals surface area contributed by atoms with E-state index in [0.717, 1.165) is 13.0 Å². The van der Waals surface area contributed by atoms with Gasteiger partial charge in [0.25, 0.3) is 0 Å². The molecule has 0 aliphatic carbocycles. The fraction of sp³-hybridized carbons (Fsp3) is 0.867. The molecule has 128 valence electrons. The van der Waals surface area contributed by atoms with Gasteiger partial charge in [-0.1, -0.05) is 20.8 Å². The maximum atomic E-state index is 11.1. The van der Waals surface area contributed by atoms with Crippen LogP contribution in [0.3, 0.4) is 0 Å². The smallest absolute Gasteiger partial charge is 0.471 e. The quantitative estimate of drug-likeness (QED) is 0.225. The van der Waals surface area contributed by atoms with Gasteiger partial charge in [-0.05, 0) is 13.0 Å². The van der Waals surface area contributed by atoms with Crippen LogP contribution in [0.5, 0.6) is 0 Å². The van der Waals surface area contributed by atoms with Gasteiger partial charge in [0.15, 0.2) is 0 Å². The number of carbonyl (C=O) groups is 1. The van der Waals surface area contributed by atoms with Crippen LogP contribution in [-0.4, -0.2) is 58.6 Å². The number of hydrogen-bond donors (Lipinski definition) is 2.